The van der Waals surface area contributed by atoms with Crippen LogP contribution in [0.15, 0.2) is 0 Å². The van der Waals surface area contributed by atoms with Crippen LogP contribution >= 0.6 is 0 Å². The Kier molecular flexibility index (Phi) is 17.7. The number of unbranched alkanes of at least 4 members (excludes halogenated alkanes) is 11. The van der Waals surface area contributed by atoms with Crippen molar-refractivity contribution in [3.8, 4) is 0 Å². The molecule has 5 nitrogen and oxygen atoms in total. The molecule has 29 heavy (non-hydrogen) atoms. The van der Waals surface area contributed by atoms with Gasteiger partial charge in [0.15, 0.2) is 0 Å². The molecule has 0 spiro atoms. The van der Waals surface area contributed by atoms with E-state index in [9.17, 15) is 14.4 Å². The summed E-state index contributed by atoms with van der Waals surface area (Å²) in [6.07, 6.45) is 16.3. The van der Waals surface area contributed by atoms with E-state index in [1.54, 1.807) is 0 Å². The molecule has 0 aromatic rings. The van der Waals surface area contributed by atoms with Gasteiger partial charge in [0.2, 0.25) is 5.78 Å². The zero-order valence-corrected chi connectivity index (χ0v) is 19.1. The molecule has 0 heterocycles. The molecule has 1 unspecified atom stereocenters. The zero-order chi connectivity index (χ0) is 21.9. The minimum atomic E-state index is -0.832. The molecule has 1 amide bonds. The van der Waals surface area contributed by atoms with E-state index in [0.29, 0.717) is 19.3 Å². The Balaban J connectivity index is 3.74. The Bertz CT molecular complexity index is 448. The van der Waals surface area contributed by atoms with Gasteiger partial charge in [-0.1, -0.05) is 91.4 Å². The first-order valence-electron chi connectivity index (χ1n) is 11.9. The minimum Gasteiger partial charge on any atom is -0.481 e. The molecule has 5 heteroatoms. The molecular weight excluding hydrogens is 366 g/mol. The Morgan fingerprint density at radius 3 is 1.66 bits per heavy atom. The molecule has 0 bridgehead atoms. The van der Waals surface area contributed by atoms with E-state index in [4.69, 9.17) is 5.11 Å². The fourth-order valence-electron chi connectivity index (χ4n) is 3.53. The van der Waals surface area contributed by atoms with E-state index < -0.39 is 11.9 Å². The third-order valence-electron chi connectivity index (χ3n) is 5.54. The molecular formula is C24H45NO4. The second kappa shape index (κ2) is 18.6. The number of carbonyl (C=O) groups excluding carboxylic acids is 2. The summed E-state index contributed by atoms with van der Waals surface area (Å²) < 4.78 is 0. The van der Waals surface area contributed by atoms with Crippen LogP contribution < -0.4 is 5.32 Å². The molecule has 0 saturated carbocycles. The average Bonchev–Trinajstić information content (AvgIpc) is 2.67. The smallest absolute Gasteiger partial charge is 0.303 e. The second-order valence-corrected chi connectivity index (χ2v) is 8.67. The van der Waals surface area contributed by atoms with Gasteiger partial charge in [-0.15, -0.1) is 0 Å². The normalized spacial score (nSPS) is 12.1. The fourth-order valence-corrected chi connectivity index (χ4v) is 3.53. The number of rotatable bonds is 20. The molecule has 1 atom stereocenters. The molecule has 0 rings (SSSR count). The highest BCUT2D eigenvalue weighted by Crippen LogP contribution is 2.13. The molecule has 0 aromatic heterocycles. The lowest BCUT2D eigenvalue weighted by Crippen LogP contribution is -2.42. The van der Waals surface area contributed by atoms with Gasteiger partial charge in [0.1, 0.15) is 0 Å². The fraction of sp³-hybridized carbons (Fsp3) is 0.875. The summed E-state index contributed by atoms with van der Waals surface area (Å²) in [4.78, 5) is 34.8. The van der Waals surface area contributed by atoms with Gasteiger partial charge >= 0.3 is 5.97 Å². The average molecular weight is 412 g/mol. The lowest BCUT2D eigenvalue weighted by atomic mass is 9.97. The highest BCUT2D eigenvalue weighted by atomic mass is 16.4. The van der Waals surface area contributed by atoms with Crippen LogP contribution in [0.4, 0.5) is 0 Å². The number of nitrogens with one attached hydrogen (secondary N) is 1. The molecule has 0 aliphatic carbocycles. The van der Waals surface area contributed by atoms with Crippen molar-refractivity contribution in [1.82, 2.24) is 5.32 Å². The summed E-state index contributed by atoms with van der Waals surface area (Å²) in [6.45, 7) is 6.19. The third kappa shape index (κ3) is 17.2. The predicted octanol–water partition coefficient (Wildman–Crippen LogP) is 6.04. The van der Waals surface area contributed by atoms with E-state index in [2.05, 4.69) is 12.2 Å². The molecule has 0 radical (unpaired) electrons. The summed E-state index contributed by atoms with van der Waals surface area (Å²) in [7, 11) is 0. The van der Waals surface area contributed by atoms with Crippen LogP contribution in [-0.2, 0) is 14.4 Å². The number of carboxylic acid groups (broad SMARTS) is 1. The topological polar surface area (TPSA) is 83.5 Å². The summed E-state index contributed by atoms with van der Waals surface area (Å²) in [5.41, 5.74) is 0. The van der Waals surface area contributed by atoms with Gasteiger partial charge in [0.25, 0.3) is 5.91 Å². The lowest BCUT2D eigenvalue weighted by Gasteiger charge is -2.21. The number of aliphatic carboxylic acids is 1. The number of carbonyl (C=O) groups is 3. The van der Waals surface area contributed by atoms with Gasteiger partial charge in [0.05, 0.1) is 0 Å². The Hall–Kier alpha value is -1.39. The highest BCUT2D eigenvalue weighted by Gasteiger charge is 2.20. The first-order chi connectivity index (χ1) is 13.9. The molecule has 0 aromatic carbocycles. The van der Waals surface area contributed by atoms with Crippen molar-refractivity contribution >= 4 is 17.7 Å². The maximum atomic E-state index is 12.1. The number of hydrogen-bond acceptors (Lipinski definition) is 3. The van der Waals surface area contributed by atoms with Gasteiger partial charge in [0, 0.05) is 18.9 Å². The molecule has 170 valence electrons. The van der Waals surface area contributed by atoms with E-state index in [1.165, 1.54) is 57.8 Å². The Morgan fingerprint density at radius 2 is 1.21 bits per heavy atom. The van der Waals surface area contributed by atoms with Gasteiger partial charge < -0.3 is 10.4 Å². The van der Waals surface area contributed by atoms with E-state index in [0.717, 1.165) is 19.3 Å². The van der Waals surface area contributed by atoms with Crippen molar-refractivity contribution in [3.63, 3.8) is 0 Å². The van der Waals surface area contributed by atoms with Crippen molar-refractivity contribution in [2.45, 2.75) is 130 Å². The SMILES string of the molecule is CCCCCCCCCCCCCCC(=O)C(=O)NC(CCCC(=O)O)C(C)C. The summed E-state index contributed by atoms with van der Waals surface area (Å²) >= 11 is 0. The van der Waals surface area contributed by atoms with Crippen LogP contribution in [-0.4, -0.2) is 28.8 Å². The van der Waals surface area contributed by atoms with Crippen molar-refractivity contribution in [3.05, 3.63) is 0 Å². The maximum Gasteiger partial charge on any atom is 0.303 e. The summed E-state index contributed by atoms with van der Waals surface area (Å²) in [5, 5.41) is 11.5. The number of ketones is 1. The third-order valence-corrected chi connectivity index (χ3v) is 5.54. The van der Waals surface area contributed by atoms with E-state index >= 15 is 0 Å². The highest BCUT2D eigenvalue weighted by molar-refractivity contribution is 6.36. The van der Waals surface area contributed by atoms with Crippen LogP contribution in [0, 0.1) is 5.92 Å². The van der Waals surface area contributed by atoms with E-state index in [1.807, 2.05) is 13.8 Å². The summed E-state index contributed by atoms with van der Waals surface area (Å²) in [6, 6.07) is -0.146. The van der Waals surface area contributed by atoms with Crippen molar-refractivity contribution in [1.29, 1.82) is 0 Å². The van der Waals surface area contributed by atoms with E-state index in [-0.39, 0.29) is 24.2 Å². The Morgan fingerprint density at radius 1 is 0.724 bits per heavy atom. The van der Waals surface area contributed by atoms with Crippen molar-refractivity contribution in [2.75, 3.05) is 0 Å². The van der Waals surface area contributed by atoms with Gasteiger partial charge in [-0.25, -0.2) is 0 Å². The predicted molar refractivity (Wildman–Crippen MR) is 119 cm³/mol. The van der Waals surface area contributed by atoms with Crippen LogP contribution in [0.5, 0.6) is 0 Å². The molecule has 2 N–H and O–H groups in total. The largest absolute Gasteiger partial charge is 0.481 e. The maximum absolute atomic E-state index is 12.1. The number of Topliss-reactive ketones (excluding diaryl/α,β-unsaturated/α-hetero) is 1. The summed E-state index contributed by atoms with van der Waals surface area (Å²) in [5.74, 6) is -1.52. The van der Waals surface area contributed by atoms with Gasteiger partial charge in [-0.2, -0.15) is 0 Å². The number of carboxylic acids is 1. The molecule has 0 saturated heterocycles. The zero-order valence-electron chi connectivity index (χ0n) is 19.1. The van der Waals surface area contributed by atoms with Gasteiger partial charge in [-0.3, -0.25) is 14.4 Å². The van der Waals surface area contributed by atoms with Crippen LogP contribution in [0.3, 0.4) is 0 Å². The lowest BCUT2D eigenvalue weighted by molar-refractivity contribution is -0.138. The number of amides is 1. The Labute approximate surface area is 178 Å². The van der Waals surface area contributed by atoms with Crippen molar-refractivity contribution in [2.24, 2.45) is 5.92 Å². The quantitative estimate of drug-likeness (QED) is 0.189. The molecule has 0 aliphatic heterocycles. The van der Waals surface area contributed by atoms with Gasteiger partial charge in [-0.05, 0) is 25.2 Å². The molecule has 0 fully saturated rings. The van der Waals surface area contributed by atoms with Crippen molar-refractivity contribution < 1.29 is 19.5 Å². The standard InChI is InChI=1S/C24H45NO4/c1-4-5-6-7-8-9-10-11-12-13-14-15-18-22(26)24(29)25-21(20(2)3)17-16-19-23(27)28/h20-21H,4-19H2,1-3H3,(H,25,29)(H,27,28). The monoisotopic (exact) mass is 411 g/mol. The van der Waals surface area contributed by atoms with Crippen LogP contribution in [0.1, 0.15) is 124 Å². The molecule has 0 aliphatic rings. The minimum absolute atomic E-state index is 0.0892. The second-order valence-electron chi connectivity index (χ2n) is 8.67. The first kappa shape index (κ1) is 27.6. The van der Waals surface area contributed by atoms with Crippen LogP contribution in [0.2, 0.25) is 0 Å². The first-order valence-corrected chi connectivity index (χ1v) is 11.9. The van der Waals surface area contributed by atoms with Crippen LogP contribution in [0.25, 0.3) is 0 Å². The number of hydrogen-bond donors (Lipinski definition) is 2.